The van der Waals surface area contributed by atoms with Gasteiger partial charge in [0.1, 0.15) is 5.75 Å². The molecule has 0 aromatic heterocycles. The third-order valence-corrected chi connectivity index (χ3v) is 5.29. The Bertz CT molecular complexity index is 493. The van der Waals surface area contributed by atoms with E-state index in [4.69, 9.17) is 10.6 Å². The van der Waals surface area contributed by atoms with Crippen molar-refractivity contribution in [3.63, 3.8) is 0 Å². The second kappa shape index (κ2) is 6.34. The second-order valence-corrected chi connectivity index (χ2v) is 6.43. The lowest BCUT2D eigenvalue weighted by Gasteiger charge is -2.43. The lowest BCUT2D eigenvalue weighted by atomic mass is 9.81. The van der Waals surface area contributed by atoms with Crippen molar-refractivity contribution in [1.82, 2.24) is 10.3 Å². The molecule has 1 aliphatic rings. The van der Waals surface area contributed by atoms with Crippen molar-refractivity contribution in [1.29, 1.82) is 0 Å². The average Bonchev–Trinajstić information content (AvgIpc) is 2.94. The Hall–Kier alpha value is -1.10. The zero-order valence-corrected chi connectivity index (χ0v) is 14.0. The molecule has 0 heterocycles. The summed E-state index contributed by atoms with van der Waals surface area (Å²) in [6.45, 7) is 4.23. The van der Waals surface area contributed by atoms with E-state index >= 15 is 0 Å². The molecule has 118 valence electrons. The number of ether oxygens (including phenoxy) is 1. The van der Waals surface area contributed by atoms with Crippen LogP contribution in [0.4, 0.5) is 0 Å². The summed E-state index contributed by atoms with van der Waals surface area (Å²) in [4.78, 5) is 2.33. The van der Waals surface area contributed by atoms with Crippen LogP contribution >= 0.6 is 0 Å². The van der Waals surface area contributed by atoms with Crippen molar-refractivity contribution in [2.45, 2.75) is 51.1 Å². The summed E-state index contributed by atoms with van der Waals surface area (Å²) in [7, 11) is 6.06. The molecule has 1 aliphatic carbocycles. The summed E-state index contributed by atoms with van der Waals surface area (Å²) in [6.07, 6.45) is 4.82. The van der Waals surface area contributed by atoms with E-state index in [0.717, 1.165) is 18.6 Å². The highest BCUT2D eigenvalue weighted by atomic mass is 16.5. The molecule has 4 nitrogen and oxygen atoms in total. The van der Waals surface area contributed by atoms with E-state index in [1.54, 1.807) is 7.11 Å². The van der Waals surface area contributed by atoms with Gasteiger partial charge >= 0.3 is 0 Å². The number of nitrogens with one attached hydrogen (secondary N) is 1. The van der Waals surface area contributed by atoms with Crippen LogP contribution in [-0.4, -0.2) is 31.6 Å². The lowest BCUT2D eigenvalue weighted by molar-refractivity contribution is 0.103. The molecule has 21 heavy (non-hydrogen) atoms. The van der Waals surface area contributed by atoms with Crippen LogP contribution in [0.25, 0.3) is 0 Å². The molecule has 0 spiro atoms. The van der Waals surface area contributed by atoms with Gasteiger partial charge in [-0.25, -0.2) is 0 Å². The van der Waals surface area contributed by atoms with Crippen molar-refractivity contribution < 1.29 is 4.74 Å². The Morgan fingerprint density at radius 2 is 1.86 bits per heavy atom. The fourth-order valence-corrected chi connectivity index (χ4v) is 3.82. The summed E-state index contributed by atoms with van der Waals surface area (Å²) in [5, 5.41) is 0. The van der Waals surface area contributed by atoms with E-state index in [0.29, 0.717) is 0 Å². The zero-order valence-electron chi connectivity index (χ0n) is 14.0. The molecule has 1 fully saturated rings. The van der Waals surface area contributed by atoms with E-state index < -0.39 is 0 Å². The Labute approximate surface area is 128 Å². The molecule has 0 aliphatic heterocycles. The number of hydrogen-bond acceptors (Lipinski definition) is 4. The van der Waals surface area contributed by atoms with Crippen LogP contribution in [-0.2, 0) is 0 Å². The van der Waals surface area contributed by atoms with E-state index in [2.05, 4.69) is 50.4 Å². The third kappa shape index (κ3) is 2.68. The predicted molar refractivity (Wildman–Crippen MR) is 87.4 cm³/mol. The summed E-state index contributed by atoms with van der Waals surface area (Å²) < 4.78 is 5.71. The van der Waals surface area contributed by atoms with Gasteiger partial charge in [-0.15, -0.1) is 0 Å². The molecule has 1 aromatic carbocycles. The van der Waals surface area contributed by atoms with Gasteiger partial charge in [0.25, 0.3) is 0 Å². The first-order valence-electron chi connectivity index (χ1n) is 7.75. The van der Waals surface area contributed by atoms with Gasteiger partial charge in [0.15, 0.2) is 0 Å². The topological polar surface area (TPSA) is 50.5 Å². The molecule has 3 N–H and O–H groups in total. The SMILES string of the molecule is COc1c(C(NN)C2(N(C)C)CCCC2)ccc(C)c1C. The predicted octanol–water partition coefficient (Wildman–Crippen LogP) is 2.69. The quantitative estimate of drug-likeness (QED) is 0.647. The summed E-state index contributed by atoms with van der Waals surface area (Å²) >= 11 is 0. The number of hydrogen-bond donors (Lipinski definition) is 2. The molecule has 1 saturated carbocycles. The standard InChI is InChI=1S/C17H29N3O/c1-12-8-9-14(15(21-5)13(12)2)16(19-18)17(20(3)4)10-6-7-11-17/h8-9,16,19H,6-7,10-11,18H2,1-5H3. The van der Waals surface area contributed by atoms with Gasteiger partial charge in [-0.2, -0.15) is 0 Å². The second-order valence-electron chi connectivity index (χ2n) is 6.43. The van der Waals surface area contributed by atoms with Crippen molar-refractivity contribution in [3.8, 4) is 5.75 Å². The molecule has 1 atom stereocenters. The Balaban J connectivity index is 2.53. The summed E-state index contributed by atoms with van der Waals surface area (Å²) in [5.74, 6) is 6.95. The zero-order chi connectivity index (χ0) is 15.6. The van der Waals surface area contributed by atoms with Crippen LogP contribution in [0.2, 0.25) is 0 Å². The highest BCUT2D eigenvalue weighted by Crippen LogP contribution is 2.46. The number of nitrogens with zero attached hydrogens (tertiary/aromatic N) is 1. The Morgan fingerprint density at radius 1 is 1.24 bits per heavy atom. The first-order valence-corrected chi connectivity index (χ1v) is 7.75. The van der Waals surface area contributed by atoms with Gasteiger partial charge < -0.3 is 9.64 Å². The van der Waals surface area contributed by atoms with Gasteiger partial charge in [-0.3, -0.25) is 11.3 Å². The highest BCUT2D eigenvalue weighted by Gasteiger charge is 2.44. The van der Waals surface area contributed by atoms with Gasteiger partial charge in [0.2, 0.25) is 0 Å². The molecule has 0 amide bonds. The monoisotopic (exact) mass is 291 g/mol. The number of rotatable bonds is 5. The molecule has 4 heteroatoms. The Kier molecular flexibility index (Phi) is 4.91. The smallest absolute Gasteiger partial charge is 0.126 e. The van der Waals surface area contributed by atoms with Crippen molar-refractivity contribution in [2.24, 2.45) is 5.84 Å². The number of methoxy groups -OCH3 is 1. The average molecular weight is 291 g/mol. The van der Waals surface area contributed by atoms with Crippen LogP contribution < -0.4 is 16.0 Å². The van der Waals surface area contributed by atoms with Gasteiger partial charge in [0, 0.05) is 11.1 Å². The Morgan fingerprint density at radius 3 is 2.33 bits per heavy atom. The lowest BCUT2D eigenvalue weighted by Crippen LogP contribution is -2.53. The minimum Gasteiger partial charge on any atom is -0.496 e. The van der Waals surface area contributed by atoms with Crippen LogP contribution in [0.1, 0.15) is 48.4 Å². The maximum absolute atomic E-state index is 5.99. The first kappa shape index (κ1) is 16.3. The van der Waals surface area contributed by atoms with Crippen LogP contribution in [0.15, 0.2) is 12.1 Å². The third-order valence-electron chi connectivity index (χ3n) is 5.29. The number of likely N-dealkylation sites (N-methyl/N-ethyl adjacent to an activating group) is 1. The molecule has 0 saturated heterocycles. The van der Waals surface area contributed by atoms with Gasteiger partial charge in [-0.1, -0.05) is 25.0 Å². The summed E-state index contributed by atoms with van der Waals surface area (Å²) in [5.41, 5.74) is 6.75. The highest BCUT2D eigenvalue weighted by molar-refractivity contribution is 5.48. The van der Waals surface area contributed by atoms with Crippen molar-refractivity contribution in [3.05, 3.63) is 28.8 Å². The first-order chi connectivity index (χ1) is 9.97. The van der Waals surface area contributed by atoms with Crippen LogP contribution in [0, 0.1) is 13.8 Å². The maximum Gasteiger partial charge on any atom is 0.126 e. The van der Waals surface area contributed by atoms with E-state index in [9.17, 15) is 0 Å². The fourth-order valence-electron chi connectivity index (χ4n) is 3.82. The fraction of sp³-hybridized carbons (Fsp3) is 0.647. The largest absolute Gasteiger partial charge is 0.496 e. The van der Waals surface area contributed by atoms with E-state index in [1.165, 1.54) is 29.5 Å². The van der Waals surface area contributed by atoms with E-state index in [1.807, 2.05) is 0 Å². The minimum absolute atomic E-state index is 0.0593. The molecule has 1 aromatic rings. The molecule has 0 bridgehead atoms. The van der Waals surface area contributed by atoms with Gasteiger partial charge in [0.05, 0.1) is 13.2 Å². The van der Waals surface area contributed by atoms with Crippen molar-refractivity contribution >= 4 is 0 Å². The normalized spacial score (nSPS) is 19.0. The maximum atomic E-state index is 5.99. The van der Waals surface area contributed by atoms with Crippen LogP contribution in [0.3, 0.4) is 0 Å². The number of hydrazine groups is 1. The molecule has 1 unspecified atom stereocenters. The molecule has 0 radical (unpaired) electrons. The number of nitrogens with two attached hydrogens (primary N) is 1. The number of aryl methyl sites for hydroxylation is 1. The van der Waals surface area contributed by atoms with Crippen molar-refractivity contribution in [2.75, 3.05) is 21.2 Å². The molecule has 2 rings (SSSR count). The van der Waals surface area contributed by atoms with Gasteiger partial charge in [-0.05, 0) is 51.9 Å². The molecular weight excluding hydrogens is 262 g/mol. The summed E-state index contributed by atoms with van der Waals surface area (Å²) in [6, 6.07) is 4.40. The van der Waals surface area contributed by atoms with E-state index in [-0.39, 0.29) is 11.6 Å². The molecular formula is C17H29N3O. The van der Waals surface area contributed by atoms with Crippen LogP contribution in [0.5, 0.6) is 5.75 Å². The number of benzene rings is 1. The minimum atomic E-state index is 0.0593.